The number of halogens is 1. The summed E-state index contributed by atoms with van der Waals surface area (Å²) >= 11 is 3.34. The van der Waals surface area contributed by atoms with Crippen molar-refractivity contribution in [2.45, 2.75) is 20.3 Å². The Morgan fingerprint density at radius 3 is 2.82 bits per heavy atom. The lowest BCUT2D eigenvalue weighted by Gasteiger charge is -2.03. The maximum atomic E-state index is 4.06. The summed E-state index contributed by atoms with van der Waals surface area (Å²) in [6.45, 7) is 4.43. The van der Waals surface area contributed by atoms with Crippen molar-refractivity contribution in [1.29, 1.82) is 0 Å². The minimum absolute atomic E-state index is 0.712. The minimum atomic E-state index is 0.712. The van der Waals surface area contributed by atoms with E-state index in [1.807, 2.05) is 6.20 Å². The second kappa shape index (κ2) is 3.86. The molecule has 60 valence electrons. The fourth-order valence-corrected chi connectivity index (χ4v) is 1.45. The predicted molar refractivity (Wildman–Crippen MR) is 50.5 cm³/mol. The summed E-state index contributed by atoms with van der Waals surface area (Å²) in [5, 5.41) is 0. The third-order valence-corrected chi connectivity index (χ3v) is 1.87. The molecular formula is C9H12BrN. The highest BCUT2D eigenvalue weighted by Crippen LogP contribution is 2.11. The molecule has 0 unspecified atom stereocenters. The van der Waals surface area contributed by atoms with Gasteiger partial charge in [0.2, 0.25) is 0 Å². The number of pyridine rings is 1. The van der Waals surface area contributed by atoms with Crippen LogP contribution < -0.4 is 0 Å². The summed E-state index contributed by atoms with van der Waals surface area (Å²) in [6.07, 6.45) is 2.96. The van der Waals surface area contributed by atoms with E-state index in [-0.39, 0.29) is 0 Å². The van der Waals surface area contributed by atoms with Gasteiger partial charge in [-0.25, -0.2) is 4.98 Å². The second-order valence-electron chi connectivity index (χ2n) is 3.08. The third-order valence-electron chi connectivity index (χ3n) is 1.43. The van der Waals surface area contributed by atoms with Crippen LogP contribution in [0.5, 0.6) is 0 Å². The van der Waals surface area contributed by atoms with Crippen LogP contribution >= 0.6 is 15.9 Å². The lowest BCUT2D eigenvalue weighted by Crippen LogP contribution is -1.93. The molecule has 0 aliphatic carbocycles. The first-order valence-electron chi connectivity index (χ1n) is 3.79. The van der Waals surface area contributed by atoms with Crippen LogP contribution in [-0.2, 0) is 6.42 Å². The van der Waals surface area contributed by atoms with E-state index in [0.717, 1.165) is 11.0 Å². The zero-order valence-electron chi connectivity index (χ0n) is 6.84. The molecule has 1 aromatic heterocycles. The van der Waals surface area contributed by atoms with Gasteiger partial charge in [-0.1, -0.05) is 13.8 Å². The summed E-state index contributed by atoms with van der Waals surface area (Å²) in [4.78, 5) is 4.06. The molecule has 0 spiro atoms. The number of aromatic nitrogens is 1. The van der Waals surface area contributed by atoms with Gasteiger partial charge in [-0.3, -0.25) is 0 Å². The van der Waals surface area contributed by atoms with Crippen LogP contribution in [-0.4, -0.2) is 4.98 Å². The van der Waals surface area contributed by atoms with Gasteiger partial charge in [-0.15, -0.1) is 0 Å². The molecule has 1 rings (SSSR count). The minimum Gasteiger partial charge on any atom is -0.249 e. The van der Waals surface area contributed by atoms with Gasteiger partial charge >= 0.3 is 0 Å². The predicted octanol–water partition coefficient (Wildman–Crippen LogP) is 3.04. The lowest BCUT2D eigenvalue weighted by molar-refractivity contribution is 0.646. The number of rotatable bonds is 2. The van der Waals surface area contributed by atoms with Gasteiger partial charge in [-0.2, -0.15) is 0 Å². The van der Waals surface area contributed by atoms with Crippen LogP contribution in [0.15, 0.2) is 22.9 Å². The average molecular weight is 214 g/mol. The van der Waals surface area contributed by atoms with Gasteiger partial charge in [0, 0.05) is 6.20 Å². The smallest absolute Gasteiger partial charge is 0.106 e. The van der Waals surface area contributed by atoms with E-state index in [1.54, 1.807) is 0 Å². The molecule has 0 radical (unpaired) electrons. The number of hydrogen-bond donors (Lipinski definition) is 0. The van der Waals surface area contributed by atoms with Gasteiger partial charge in [0.1, 0.15) is 4.60 Å². The lowest BCUT2D eigenvalue weighted by atomic mass is 10.0. The normalized spacial score (nSPS) is 10.5. The van der Waals surface area contributed by atoms with Crippen molar-refractivity contribution in [2.24, 2.45) is 5.92 Å². The van der Waals surface area contributed by atoms with Crippen LogP contribution in [0.2, 0.25) is 0 Å². The zero-order chi connectivity index (χ0) is 8.27. The van der Waals surface area contributed by atoms with Crippen molar-refractivity contribution in [3.05, 3.63) is 28.5 Å². The van der Waals surface area contributed by atoms with E-state index >= 15 is 0 Å². The highest BCUT2D eigenvalue weighted by molar-refractivity contribution is 9.10. The zero-order valence-corrected chi connectivity index (χ0v) is 8.43. The van der Waals surface area contributed by atoms with Crippen molar-refractivity contribution in [1.82, 2.24) is 4.98 Å². The van der Waals surface area contributed by atoms with Crippen molar-refractivity contribution in [3.8, 4) is 0 Å². The first-order valence-corrected chi connectivity index (χ1v) is 4.58. The Bertz CT molecular complexity index is 233. The van der Waals surface area contributed by atoms with Crippen molar-refractivity contribution in [2.75, 3.05) is 0 Å². The van der Waals surface area contributed by atoms with Gasteiger partial charge in [0.05, 0.1) is 0 Å². The van der Waals surface area contributed by atoms with Crippen molar-refractivity contribution >= 4 is 15.9 Å². The molecule has 1 nitrogen and oxygen atoms in total. The highest BCUT2D eigenvalue weighted by Gasteiger charge is 1.97. The Labute approximate surface area is 76.0 Å². The molecule has 0 N–H and O–H groups in total. The quantitative estimate of drug-likeness (QED) is 0.689. The van der Waals surface area contributed by atoms with Gasteiger partial charge in [0.25, 0.3) is 0 Å². The Hall–Kier alpha value is -0.370. The van der Waals surface area contributed by atoms with Crippen LogP contribution in [0.3, 0.4) is 0 Å². The van der Waals surface area contributed by atoms with E-state index in [4.69, 9.17) is 0 Å². The summed E-state index contributed by atoms with van der Waals surface area (Å²) in [7, 11) is 0. The highest BCUT2D eigenvalue weighted by atomic mass is 79.9. The molecule has 0 atom stereocenters. The second-order valence-corrected chi connectivity index (χ2v) is 3.90. The molecule has 0 bridgehead atoms. The molecule has 0 amide bonds. The summed E-state index contributed by atoms with van der Waals surface area (Å²) in [6, 6.07) is 4.13. The summed E-state index contributed by atoms with van der Waals surface area (Å²) in [5.41, 5.74) is 1.35. The molecule has 0 aliphatic heterocycles. The molecule has 0 aliphatic rings. The Kier molecular flexibility index (Phi) is 3.06. The number of hydrogen-bond acceptors (Lipinski definition) is 1. The molecule has 11 heavy (non-hydrogen) atoms. The van der Waals surface area contributed by atoms with Gasteiger partial charge in [-0.05, 0) is 46.0 Å². The molecule has 0 fully saturated rings. The standard InChI is InChI=1S/C9H12BrN/c1-7(2)5-8-3-4-11-9(10)6-8/h3-4,6-7H,5H2,1-2H3. The van der Waals surface area contributed by atoms with Crippen LogP contribution in [0, 0.1) is 5.92 Å². The molecule has 0 saturated heterocycles. The van der Waals surface area contributed by atoms with E-state index in [0.29, 0.717) is 5.92 Å². The number of nitrogens with zero attached hydrogens (tertiary/aromatic N) is 1. The first-order chi connectivity index (χ1) is 5.18. The van der Waals surface area contributed by atoms with Crippen LogP contribution in [0.1, 0.15) is 19.4 Å². The monoisotopic (exact) mass is 213 g/mol. The van der Waals surface area contributed by atoms with Crippen LogP contribution in [0.4, 0.5) is 0 Å². The van der Waals surface area contributed by atoms with Crippen molar-refractivity contribution in [3.63, 3.8) is 0 Å². The SMILES string of the molecule is CC(C)Cc1ccnc(Br)c1. The molecule has 1 aromatic rings. The Morgan fingerprint density at radius 2 is 2.27 bits per heavy atom. The fraction of sp³-hybridized carbons (Fsp3) is 0.444. The molecular weight excluding hydrogens is 202 g/mol. The molecule has 2 heteroatoms. The molecule has 0 saturated carbocycles. The summed E-state index contributed by atoms with van der Waals surface area (Å²) < 4.78 is 0.927. The van der Waals surface area contributed by atoms with E-state index in [9.17, 15) is 0 Å². The Morgan fingerprint density at radius 1 is 1.55 bits per heavy atom. The van der Waals surface area contributed by atoms with Crippen molar-refractivity contribution < 1.29 is 0 Å². The third kappa shape index (κ3) is 3.02. The van der Waals surface area contributed by atoms with E-state index in [2.05, 4.69) is 46.9 Å². The average Bonchev–Trinajstić information content (AvgIpc) is 1.85. The first kappa shape index (κ1) is 8.72. The van der Waals surface area contributed by atoms with Crippen LogP contribution in [0.25, 0.3) is 0 Å². The summed E-state index contributed by atoms with van der Waals surface area (Å²) in [5.74, 6) is 0.712. The fourth-order valence-electron chi connectivity index (χ4n) is 1.04. The largest absolute Gasteiger partial charge is 0.249 e. The van der Waals surface area contributed by atoms with Gasteiger partial charge in [0.15, 0.2) is 0 Å². The molecule has 1 heterocycles. The maximum absolute atomic E-state index is 4.06. The Balaban J connectivity index is 2.71. The maximum Gasteiger partial charge on any atom is 0.106 e. The van der Waals surface area contributed by atoms with E-state index in [1.165, 1.54) is 5.56 Å². The van der Waals surface area contributed by atoms with Gasteiger partial charge < -0.3 is 0 Å². The topological polar surface area (TPSA) is 12.9 Å². The molecule has 0 aromatic carbocycles. The van der Waals surface area contributed by atoms with E-state index < -0.39 is 0 Å².